The third-order valence-corrected chi connectivity index (χ3v) is 4.02. The number of anilines is 2. The molecule has 7 nitrogen and oxygen atoms in total. The van der Waals surface area contributed by atoms with Gasteiger partial charge in [0.15, 0.2) is 0 Å². The molecular weight excluding hydrogens is 373 g/mol. The summed E-state index contributed by atoms with van der Waals surface area (Å²) >= 11 is 0. The number of amides is 2. The highest BCUT2D eigenvalue weighted by molar-refractivity contribution is 6.06. The Hall–Kier alpha value is -3.14. The van der Waals surface area contributed by atoms with Gasteiger partial charge in [-0.05, 0) is 19.5 Å². The fraction of sp³-hybridized carbons (Fsp3) is 0.278. The molecule has 2 atom stereocenters. The largest absolute Gasteiger partial charge is 0.409 e. The molecule has 1 aromatic carbocycles. The molecule has 28 heavy (non-hydrogen) atoms. The number of nitrogens with two attached hydrogens (primary N) is 1. The van der Waals surface area contributed by atoms with Crippen LogP contribution in [0.25, 0.3) is 0 Å². The maximum atomic E-state index is 13.0. The molecule has 1 aromatic heterocycles. The van der Waals surface area contributed by atoms with Gasteiger partial charge in [0, 0.05) is 23.5 Å². The molecule has 0 saturated heterocycles. The van der Waals surface area contributed by atoms with Gasteiger partial charge in [-0.3, -0.25) is 5.32 Å². The first-order chi connectivity index (χ1) is 13.1. The van der Waals surface area contributed by atoms with Crippen LogP contribution in [0.2, 0.25) is 0 Å². The van der Waals surface area contributed by atoms with Gasteiger partial charge in [-0.2, -0.15) is 13.2 Å². The zero-order valence-electron chi connectivity index (χ0n) is 15.3. The maximum absolute atomic E-state index is 13.0. The molecule has 2 unspecified atom stereocenters. The lowest BCUT2D eigenvalue weighted by Crippen LogP contribution is -2.46. The molecule has 150 valence electrons. The Kier molecular flexibility index (Phi) is 6.57. The fourth-order valence-electron chi connectivity index (χ4n) is 2.57. The molecule has 0 aliphatic rings. The van der Waals surface area contributed by atoms with Crippen LogP contribution in [0.15, 0.2) is 42.6 Å². The lowest BCUT2D eigenvalue weighted by atomic mass is 10.0. The number of nitrogens with one attached hydrogen (secondary N) is 4. The minimum absolute atomic E-state index is 0.0554. The average Bonchev–Trinajstić information content (AvgIpc) is 2.61. The third kappa shape index (κ3) is 5.19. The minimum atomic E-state index is -4.65. The number of hydrogen-bond acceptors (Lipinski definition) is 5. The van der Waals surface area contributed by atoms with E-state index in [1.165, 1.54) is 6.07 Å². The Balaban J connectivity index is 2.07. The first-order valence-corrected chi connectivity index (χ1v) is 8.34. The smallest absolute Gasteiger partial charge is 0.398 e. The second-order valence-corrected chi connectivity index (χ2v) is 6.06. The summed E-state index contributed by atoms with van der Waals surface area (Å²) in [4.78, 5) is 16.0. The van der Waals surface area contributed by atoms with Crippen molar-refractivity contribution in [1.82, 2.24) is 15.6 Å². The summed E-state index contributed by atoms with van der Waals surface area (Å²) in [5, 5.41) is 15.0. The molecule has 10 heteroatoms. The first kappa shape index (κ1) is 21.2. The highest BCUT2D eigenvalue weighted by atomic mass is 19.4. The number of nitrogens with zero attached hydrogens (tertiary/aromatic N) is 1. The number of nitrogen functional groups attached to an aromatic ring is 1. The van der Waals surface area contributed by atoms with Gasteiger partial charge in [0.2, 0.25) is 0 Å². The van der Waals surface area contributed by atoms with Crippen LogP contribution >= 0.6 is 0 Å². The van der Waals surface area contributed by atoms with E-state index in [0.717, 1.165) is 18.8 Å². The van der Waals surface area contributed by atoms with Crippen LogP contribution < -0.4 is 21.7 Å². The number of alkyl halides is 3. The van der Waals surface area contributed by atoms with Crippen LogP contribution in [-0.4, -0.2) is 36.0 Å². The topological polar surface area (TPSA) is 116 Å². The molecule has 0 radical (unpaired) electrons. The number of aromatic nitrogens is 1. The number of carbonyl (C=O) groups excluding carboxylic acids is 1. The number of hydrogen-bond donors (Lipinski definition) is 5. The second kappa shape index (κ2) is 8.70. The van der Waals surface area contributed by atoms with Crippen molar-refractivity contribution < 1.29 is 18.0 Å². The van der Waals surface area contributed by atoms with Gasteiger partial charge >= 0.3 is 12.2 Å². The summed E-state index contributed by atoms with van der Waals surface area (Å²) in [6.07, 6.45) is -3.62. The molecule has 6 N–H and O–H groups in total. The van der Waals surface area contributed by atoms with Gasteiger partial charge in [0.25, 0.3) is 0 Å². The van der Waals surface area contributed by atoms with Gasteiger partial charge < -0.3 is 21.8 Å². The predicted octanol–water partition coefficient (Wildman–Crippen LogP) is 3.06. The van der Waals surface area contributed by atoms with Crippen LogP contribution in [0, 0.1) is 5.41 Å². The third-order valence-electron chi connectivity index (χ3n) is 4.02. The Bertz CT molecular complexity index is 841. The number of carbonyl (C=O) groups is 1. The second-order valence-electron chi connectivity index (χ2n) is 6.06. The fourth-order valence-corrected chi connectivity index (χ4v) is 2.57. The number of likely N-dealkylation sites (N-methyl/N-ethyl adjacent to an activating group) is 1. The Morgan fingerprint density at radius 1 is 1.25 bits per heavy atom. The normalized spacial score (nSPS) is 13.5. The highest BCUT2D eigenvalue weighted by Crippen LogP contribution is 2.25. The summed E-state index contributed by atoms with van der Waals surface area (Å²) < 4.78 is 38.9. The SMILES string of the molecule is CNC(C(=N)c1cnc(NC(=O)NC(C)c2ccccc2)cc1N)C(F)(F)F. The molecule has 0 fully saturated rings. The number of urea groups is 1. The van der Waals surface area contributed by atoms with Gasteiger partial charge in [0.1, 0.15) is 11.9 Å². The molecular formula is C18H21F3N6O. The van der Waals surface area contributed by atoms with Crippen LogP contribution in [0.1, 0.15) is 24.1 Å². The van der Waals surface area contributed by atoms with Gasteiger partial charge in [-0.25, -0.2) is 9.78 Å². The predicted molar refractivity (Wildman–Crippen MR) is 101 cm³/mol. The van der Waals surface area contributed by atoms with Crippen molar-refractivity contribution in [2.75, 3.05) is 18.1 Å². The summed E-state index contributed by atoms with van der Waals surface area (Å²) in [6.45, 7) is 1.80. The van der Waals surface area contributed by atoms with Crippen molar-refractivity contribution in [3.05, 3.63) is 53.7 Å². The van der Waals surface area contributed by atoms with E-state index in [9.17, 15) is 18.0 Å². The van der Waals surface area contributed by atoms with E-state index in [-0.39, 0.29) is 23.1 Å². The lowest BCUT2D eigenvalue weighted by Gasteiger charge is -2.21. The van der Waals surface area contributed by atoms with Crippen molar-refractivity contribution in [3.8, 4) is 0 Å². The van der Waals surface area contributed by atoms with Gasteiger partial charge in [-0.1, -0.05) is 30.3 Å². The van der Waals surface area contributed by atoms with Crippen LogP contribution in [-0.2, 0) is 0 Å². The Morgan fingerprint density at radius 3 is 2.43 bits per heavy atom. The summed E-state index contributed by atoms with van der Waals surface area (Å²) in [5.74, 6) is 0.0554. The molecule has 1 heterocycles. The van der Waals surface area contributed by atoms with Crippen molar-refractivity contribution in [3.63, 3.8) is 0 Å². The standard InChI is InChI=1S/C18H21F3N6O/c1-10(11-6-4-3-5-7-11)26-17(28)27-14-8-13(22)12(9-25-14)15(23)16(24-2)18(19,20)21/h3-10,16,23-24H,1-2H3,(H4,22,25,26,27,28). The van der Waals surface area contributed by atoms with Gasteiger partial charge in [0.05, 0.1) is 11.8 Å². The summed E-state index contributed by atoms with van der Waals surface area (Å²) in [5.41, 5.74) is 5.66. The van der Waals surface area contributed by atoms with E-state index in [1.54, 1.807) is 6.92 Å². The molecule has 0 aliphatic carbocycles. The average molecular weight is 394 g/mol. The number of rotatable bonds is 6. The van der Waals surface area contributed by atoms with E-state index in [4.69, 9.17) is 11.1 Å². The van der Waals surface area contributed by atoms with Crippen molar-refractivity contribution in [1.29, 1.82) is 5.41 Å². The monoisotopic (exact) mass is 394 g/mol. The number of pyridine rings is 1. The summed E-state index contributed by atoms with van der Waals surface area (Å²) in [6, 6.07) is 7.50. The highest BCUT2D eigenvalue weighted by Gasteiger charge is 2.42. The Labute approximate surface area is 160 Å². The van der Waals surface area contributed by atoms with E-state index in [2.05, 4.69) is 15.6 Å². The van der Waals surface area contributed by atoms with Crippen LogP contribution in [0.4, 0.5) is 29.5 Å². The van der Waals surface area contributed by atoms with Crippen molar-refractivity contribution >= 4 is 23.2 Å². The van der Waals surface area contributed by atoms with E-state index >= 15 is 0 Å². The van der Waals surface area contributed by atoms with Crippen LogP contribution in [0.3, 0.4) is 0 Å². The quantitative estimate of drug-likeness (QED) is 0.484. The summed E-state index contributed by atoms with van der Waals surface area (Å²) in [7, 11) is 1.10. The number of halogens is 3. The van der Waals surface area contributed by atoms with Crippen molar-refractivity contribution in [2.24, 2.45) is 0 Å². The molecule has 0 saturated carbocycles. The molecule has 0 aliphatic heterocycles. The van der Waals surface area contributed by atoms with E-state index in [1.807, 2.05) is 35.6 Å². The zero-order chi connectivity index (χ0) is 20.9. The molecule has 2 rings (SSSR count). The molecule has 2 aromatic rings. The molecule has 0 spiro atoms. The molecule has 2 amide bonds. The molecule has 0 bridgehead atoms. The van der Waals surface area contributed by atoms with E-state index in [0.29, 0.717) is 0 Å². The first-order valence-electron chi connectivity index (χ1n) is 8.34. The van der Waals surface area contributed by atoms with E-state index < -0.39 is 24.0 Å². The lowest BCUT2D eigenvalue weighted by molar-refractivity contribution is -0.138. The van der Waals surface area contributed by atoms with Gasteiger partial charge in [-0.15, -0.1) is 0 Å². The maximum Gasteiger partial charge on any atom is 0.409 e. The van der Waals surface area contributed by atoms with Crippen LogP contribution in [0.5, 0.6) is 0 Å². The Morgan fingerprint density at radius 2 is 1.89 bits per heavy atom. The van der Waals surface area contributed by atoms with Crippen molar-refractivity contribution in [2.45, 2.75) is 25.2 Å². The zero-order valence-corrected chi connectivity index (χ0v) is 15.3. The minimum Gasteiger partial charge on any atom is -0.398 e. The number of benzene rings is 1.